The molecule has 4 rings (SSSR count). The molecule has 6 nitrogen and oxygen atoms in total. The maximum absolute atomic E-state index is 12.3. The van der Waals surface area contributed by atoms with E-state index < -0.39 is 0 Å². The van der Waals surface area contributed by atoms with E-state index in [9.17, 15) is 4.79 Å². The number of fused-ring (bicyclic) bond motifs is 1. The topological polar surface area (TPSA) is 68.5 Å². The zero-order valence-electron chi connectivity index (χ0n) is 14.0. The van der Waals surface area contributed by atoms with Crippen LogP contribution in [0.3, 0.4) is 0 Å². The zero-order chi connectivity index (χ0) is 17.9. The first-order chi connectivity index (χ1) is 12.7. The fraction of sp³-hybridized carbons (Fsp3) is 0.105. The fourth-order valence-electron chi connectivity index (χ4n) is 2.63. The summed E-state index contributed by atoms with van der Waals surface area (Å²) in [5, 5.41) is 5.33. The molecule has 0 unspecified atom stereocenters. The molecule has 0 radical (unpaired) electrons. The number of aromatic nitrogens is 3. The highest BCUT2D eigenvalue weighted by atomic mass is 32.1. The lowest BCUT2D eigenvalue weighted by molar-refractivity contribution is -0.115. The van der Waals surface area contributed by atoms with Gasteiger partial charge in [0.15, 0.2) is 5.13 Å². The van der Waals surface area contributed by atoms with Crippen molar-refractivity contribution in [2.75, 3.05) is 12.4 Å². The Morgan fingerprint density at radius 3 is 2.81 bits per heavy atom. The van der Waals surface area contributed by atoms with Gasteiger partial charge in [-0.2, -0.15) is 0 Å². The average molecular weight is 364 g/mol. The van der Waals surface area contributed by atoms with Crippen LogP contribution in [0.1, 0.15) is 5.69 Å². The number of nitrogens with zero attached hydrogens (tertiary/aromatic N) is 3. The fourth-order valence-corrected chi connectivity index (χ4v) is 3.36. The maximum Gasteiger partial charge on any atom is 0.232 e. The number of hydrogen-bond donors (Lipinski definition) is 1. The van der Waals surface area contributed by atoms with Gasteiger partial charge in [-0.3, -0.25) is 4.79 Å². The zero-order valence-corrected chi connectivity index (χ0v) is 14.9. The van der Waals surface area contributed by atoms with Crippen molar-refractivity contribution in [3.8, 4) is 17.0 Å². The number of rotatable bonds is 5. The molecular weight excluding hydrogens is 348 g/mol. The molecule has 26 heavy (non-hydrogen) atoms. The summed E-state index contributed by atoms with van der Waals surface area (Å²) in [5.41, 5.74) is 3.34. The average Bonchev–Trinajstić information content (AvgIpc) is 3.28. The van der Waals surface area contributed by atoms with E-state index >= 15 is 0 Å². The molecule has 0 aliphatic carbocycles. The number of nitrogens with one attached hydrogen (secondary N) is 1. The minimum atomic E-state index is -0.135. The number of benzene rings is 1. The number of ether oxygens (including phenoxy) is 1. The Morgan fingerprint density at radius 2 is 2.04 bits per heavy atom. The Bertz CT molecular complexity index is 1020. The lowest BCUT2D eigenvalue weighted by Crippen LogP contribution is -2.14. The predicted octanol–water partition coefficient (Wildman–Crippen LogP) is 3.65. The molecule has 3 heterocycles. The van der Waals surface area contributed by atoms with Crippen LogP contribution in [0.25, 0.3) is 16.9 Å². The van der Waals surface area contributed by atoms with Gasteiger partial charge in [0.2, 0.25) is 5.91 Å². The Morgan fingerprint density at radius 1 is 1.19 bits per heavy atom. The highest BCUT2D eigenvalue weighted by Gasteiger charge is 2.11. The van der Waals surface area contributed by atoms with Crippen molar-refractivity contribution in [2.45, 2.75) is 6.42 Å². The SMILES string of the molecule is COc1ccc(-c2csc(NC(=O)Cc3cn4ccccc4n3)n2)cc1. The standard InChI is InChI=1S/C19H16N4O2S/c1-25-15-7-5-13(6-8-15)16-12-26-19(21-16)22-18(24)10-14-11-23-9-3-2-4-17(23)20-14/h2-9,11-12H,10H2,1H3,(H,21,22,24). The second kappa shape index (κ2) is 6.97. The van der Waals surface area contributed by atoms with Gasteiger partial charge >= 0.3 is 0 Å². The van der Waals surface area contributed by atoms with Crippen molar-refractivity contribution >= 4 is 28.0 Å². The summed E-state index contributed by atoms with van der Waals surface area (Å²) in [7, 11) is 1.63. The second-order valence-corrected chi connectivity index (χ2v) is 6.55. The number of pyridine rings is 1. The van der Waals surface area contributed by atoms with Crippen molar-refractivity contribution < 1.29 is 9.53 Å². The molecule has 0 fully saturated rings. The molecule has 1 amide bonds. The molecule has 0 aliphatic rings. The Kier molecular flexibility index (Phi) is 4.37. The summed E-state index contributed by atoms with van der Waals surface area (Å²) >= 11 is 1.40. The van der Waals surface area contributed by atoms with E-state index in [2.05, 4.69) is 15.3 Å². The van der Waals surface area contributed by atoms with E-state index in [4.69, 9.17) is 4.74 Å². The van der Waals surface area contributed by atoms with E-state index in [0.29, 0.717) is 5.13 Å². The summed E-state index contributed by atoms with van der Waals surface area (Å²) in [6.45, 7) is 0. The monoisotopic (exact) mass is 364 g/mol. The third kappa shape index (κ3) is 3.43. The largest absolute Gasteiger partial charge is 0.497 e. The van der Waals surface area contributed by atoms with Crippen LogP contribution in [-0.2, 0) is 11.2 Å². The van der Waals surface area contributed by atoms with Crippen molar-refractivity contribution in [3.05, 3.63) is 65.9 Å². The minimum absolute atomic E-state index is 0.135. The number of imidazole rings is 1. The third-order valence-corrected chi connectivity index (χ3v) is 4.65. The van der Waals surface area contributed by atoms with E-state index in [-0.39, 0.29) is 12.3 Å². The van der Waals surface area contributed by atoms with Crippen molar-refractivity contribution in [2.24, 2.45) is 0 Å². The van der Waals surface area contributed by atoms with Crippen LogP contribution in [0.4, 0.5) is 5.13 Å². The van der Waals surface area contributed by atoms with Gasteiger partial charge in [0, 0.05) is 23.3 Å². The number of amides is 1. The molecule has 0 bridgehead atoms. The van der Waals surface area contributed by atoms with Crippen LogP contribution in [0.2, 0.25) is 0 Å². The summed E-state index contributed by atoms with van der Waals surface area (Å²) < 4.78 is 7.06. The number of carbonyl (C=O) groups excluding carboxylic acids is 1. The summed E-state index contributed by atoms with van der Waals surface area (Å²) in [5.74, 6) is 0.661. The molecular formula is C19H16N4O2S. The molecule has 0 spiro atoms. The Balaban J connectivity index is 1.43. The van der Waals surface area contributed by atoms with Gasteiger partial charge in [-0.25, -0.2) is 9.97 Å². The smallest absolute Gasteiger partial charge is 0.232 e. The van der Waals surface area contributed by atoms with Crippen LogP contribution in [0, 0.1) is 0 Å². The van der Waals surface area contributed by atoms with Crippen molar-refractivity contribution in [1.29, 1.82) is 0 Å². The molecule has 4 aromatic rings. The van der Waals surface area contributed by atoms with E-state index in [0.717, 1.165) is 28.3 Å². The van der Waals surface area contributed by atoms with E-state index in [1.165, 1.54) is 11.3 Å². The first-order valence-electron chi connectivity index (χ1n) is 8.04. The molecule has 0 atom stereocenters. The molecule has 0 aliphatic heterocycles. The van der Waals surface area contributed by atoms with E-state index in [1.807, 2.05) is 64.6 Å². The molecule has 130 valence electrons. The predicted molar refractivity (Wildman–Crippen MR) is 102 cm³/mol. The van der Waals surface area contributed by atoms with Gasteiger partial charge in [-0.15, -0.1) is 11.3 Å². The van der Waals surface area contributed by atoms with Gasteiger partial charge in [-0.1, -0.05) is 6.07 Å². The number of hydrogen-bond acceptors (Lipinski definition) is 5. The lowest BCUT2D eigenvalue weighted by atomic mass is 10.2. The van der Waals surface area contributed by atoms with Crippen LogP contribution in [-0.4, -0.2) is 27.4 Å². The first-order valence-corrected chi connectivity index (χ1v) is 8.91. The number of anilines is 1. The highest BCUT2D eigenvalue weighted by molar-refractivity contribution is 7.14. The summed E-state index contributed by atoms with van der Waals surface area (Å²) in [6.07, 6.45) is 3.98. The minimum Gasteiger partial charge on any atom is -0.497 e. The lowest BCUT2D eigenvalue weighted by Gasteiger charge is -2.01. The van der Waals surface area contributed by atoms with Gasteiger partial charge in [-0.05, 0) is 36.4 Å². The molecule has 0 saturated heterocycles. The van der Waals surface area contributed by atoms with Gasteiger partial charge in [0.25, 0.3) is 0 Å². The Labute approximate surface area is 154 Å². The molecule has 1 N–H and O–H groups in total. The molecule has 3 aromatic heterocycles. The molecule has 7 heteroatoms. The van der Waals surface area contributed by atoms with Crippen LogP contribution in [0.15, 0.2) is 60.2 Å². The maximum atomic E-state index is 12.3. The highest BCUT2D eigenvalue weighted by Crippen LogP contribution is 2.26. The van der Waals surface area contributed by atoms with Gasteiger partial charge in [0.05, 0.1) is 24.9 Å². The van der Waals surface area contributed by atoms with Crippen LogP contribution in [0.5, 0.6) is 5.75 Å². The third-order valence-electron chi connectivity index (χ3n) is 3.89. The number of carbonyl (C=O) groups is 1. The molecule has 1 aromatic carbocycles. The quantitative estimate of drug-likeness (QED) is 0.587. The Hall–Kier alpha value is -3.19. The summed E-state index contributed by atoms with van der Waals surface area (Å²) in [4.78, 5) is 21.2. The van der Waals surface area contributed by atoms with E-state index in [1.54, 1.807) is 7.11 Å². The second-order valence-electron chi connectivity index (χ2n) is 5.69. The first kappa shape index (κ1) is 16.3. The van der Waals surface area contributed by atoms with Gasteiger partial charge in [0.1, 0.15) is 11.4 Å². The number of methoxy groups -OCH3 is 1. The normalized spacial score (nSPS) is 10.8. The van der Waals surface area contributed by atoms with Crippen molar-refractivity contribution in [1.82, 2.24) is 14.4 Å². The molecule has 0 saturated carbocycles. The van der Waals surface area contributed by atoms with Gasteiger partial charge < -0.3 is 14.5 Å². The summed E-state index contributed by atoms with van der Waals surface area (Å²) in [6, 6.07) is 13.4. The van der Waals surface area contributed by atoms with Crippen LogP contribution < -0.4 is 10.1 Å². The van der Waals surface area contributed by atoms with Crippen LogP contribution >= 0.6 is 11.3 Å². The van der Waals surface area contributed by atoms with Crippen molar-refractivity contribution in [3.63, 3.8) is 0 Å². The number of thiazole rings is 1.